The van der Waals surface area contributed by atoms with Crippen molar-refractivity contribution in [1.29, 1.82) is 0 Å². The molecule has 0 saturated carbocycles. The van der Waals surface area contributed by atoms with Gasteiger partial charge < -0.3 is 10.7 Å². The van der Waals surface area contributed by atoms with Gasteiger partial charge >= 0.3 is 0 Å². The van der Waals surface area contributed by atoms with Gasteiger partial charge in [-0.2, -0.15) is 0 Å². The maximum atomic E-state index is 13.4. The summed E-state index contributed by atoms with van der Waals surface area (Å²) in [5, 5.41) is 2.54. The van der Waals surface area contributed by atoms with E-state index >= 15 is 0 Å². The Bertz CT molecular complexity index is 558. The Labute approximate surface area is 110 Å². The second kappa shape index (κ2) is 5.23. The van der Waals surface area contributed by atoms with Gasteiger partial charge in [0.15, 0.2) is 11.6 Å². The molecule has 0 saturated heterocycles. The molecule has 5 nitrogen and oxygen atoms in total. The minimum absolute atomic E-state index is 0.196. The van der Waals surface area contributed by atoms with Crippen LogP contribution < -0.4 is 16.6 Å². The van der Waals surface area contributed by atoms with Gasteiger partial charge in [-0.1, -0.05) is 6.07 Å². The molecule has 0 fully saturated rings. The van der Waals surface area contributed by atoms with Crippen LogP contribution in [0.15, 0.2) is 29.0 Å². The van der Waals surface area contributed by atoms with Gasteiger partial charge in [0.05, 0.1) is 0 Å². The highest BCUT2D eigenvalue weighted by molar-refractivity contribution is 9.10. The zero-order chi connectivity index (χ0) is 13.1. The Kier molecular flexibility index (Phi) is 3.68. The summed E-state index contributed by atoms with van der Waals surface area (Å²) in [5.74, 6) is 4.28. The molecule has 0 spiro atoms. The molecule has 0 aliphatic heterocycles. The Morgan fingerprint density at radius 1 is 1.11 bits per heavy atom. The molecule has 0 aliphatic rings. The van der Waals surface area contributed by atoms with E-state index in [9.17, 15) is 8.78 Å². The van der Waals surface area contributed by atoms with Crippen LogP contribution in [0, 0.1) is 11.6 Å². The van der Waals surface area contributed by atoms with E-state index in [4.69, 9.17) is 5.84 Å². The summed E-state index contributed by atoms with van der Waals surface area (Å²) in [6.45, 7) is 0. The smallest absolute Gasteiger partial charge is 0.159 e. The van der Waals surface area contributed by atoms with Crippen molar-refractivity contribution in [3.05, 3.63) is 40.6 Å². The summed E-state index contributed by atoms with van der Waals surface area (Å²) in [5.41, 5.74) is 2.03. The van der Waals surface area contributed by atoms with Gasteiger partial charge in [-0.3, -0.25) is 0 Å². The number of halogens is 3. The van der Waals surface area contributed by atoms with E-state index in [1.165, 1.54) is 12.4 Å². The summed E-state index contributed by atoms with van der Waals surface area (Å²) >= 11 is 3.17. The number of nitrogens with zero attached hydrogens (tertiary/aromatic N) is 2. The summed E-state index contributed by atoms with van der Waals surface area (Å²) < 4.78 is 27.3. The number of hydrogen-bond acceptors (Lipinski definition) is 5. The first-order valence-electron chi connectivity index (χ1n) is 4.81. The summed E-state index contributed by atoms with van der Waals surface area (Å²) in [6, 6.07) is 3.56. The van der Waals surface area contributed by atoms with Gasteiger partial charge in [0.2, 0.25) is 0 Å². The highest BCUT2D eigenvalue weighted by atomic mass is 79.9. The van der Waals surface area contributed by atoms with Crippen LogP contribution in [-0.4, -0.2) is 9.97 Å². The Balaban J connectivity index is 2.40. The lowest BCUT2D eigenvalue weighted by Gasteiger charge is -2.10. The van der Waals surface area contributed by atoms with Crippen LogP contribution in [0.2, 0.25) is 0 Å². The largest absolute Gasteiger partial charge is 0.334 e. The second-order valence-electron chi connectivity index (χ2n) is 3.25. The first-order chi connectivity index (χ1) is 8.63. The van der Waals surface area contributed by atoms with Crippen molar-refractivity contribution in [3.8, 4) is 0 Å². The molecule has 0 aliphatic carbocycles. The summed E-state index contributed by atoms with van der Waals surface area (Å²) in [4.78, 5) is 7.69. The normalized spacial score (nSPS) is 10.2. The third-order valence-corrected chi connectivity index (χ3v) is 2.88. The Hall–Kier alpha value is -1.80. The lowest BCUT2D eigenvalue weighted by Crippen LogP contribution is -2.11. The average Bonchev–Trinajstić information content (AvgIpc) is 2.36. The Morgan fingerprint density at radius 2 is 1.72 bits per heavy atom. The molecular formula is C10H8BrF2N5. The number of rotatable bonds is 3. The second-order valence-corrected chi connectivity index (χ2v) is 4.04. The minimum atomic E-state index is -0.720. The van der Waals surface area contributed by atoms with E-state index in [0.717, 1.165) is 12.1 Å². The van der Waals surface area contributed by atoms with E-state index in [1.54, 1.807) is 0 Å². The molecule has 8 heteroatoms. The standard InChI is InChI=1S/C10H8BrF2N5/c11-7-9(15-4-16-10(7)18-14)17-8-5(12)2-1-3-6(8)13/h1-4H,14H2,(H2,15,16,17,18). The molecule has 1 heterocycles. The summed E-state index contributed by atoms with van der Waals surface area (Å²) in [7, 11) is 0. The fraction of sp³-hybridized carbons (Fsp3) is 0. The quantitative estimate of drug-likeness (QED) is 0.599. The van der Waals surface area contributed by atoms with Crippen molar-refractivity contribution >= 4 is 33.3 Å². The monoisotopic (exact) mass is 315 g/mol. The zero-order valence-corrected chi connectivity index (χ0v) is 10.5. The highest BCUT2D eigenvalue weighted by Gasteiger charge is 2.13. The van der Waals surface area contributed by atoms with Gasteiger partial charge in [0, 0.05) is 0 Å². The maximum Gasteiger partial charge on any atom is 0.159 e. The van der Waals surface area contributed by atoms with Gasteiger partial charge in [-0.15, -0.1) is 0 Å². The van der Waals surface area contributed by atoms with Crippen LogP contribution in [0.25, 0.3) is 0 Å². The molecule has 0 atom stereocenters. The third kappa shape index (κ3) is 2.39. The fourth-order valence-corrected chi connectivity index (χ4v) is 1.71. The zero-order valence-electron chi connectivity index (χ0n) is 8.92. The van der Waals surface area contributed by atoms with E-state index < -0.39 is 11.6 Å². The molecule has 18 heavy (non-hydrogen) atoms. The predicted octanol–water partition coefficient (Wildman–Crippen LogP) is 2.55. The van der Waals surface area contributed by atoms with Crippen molar-refractivity contribution in [2.75, 3.05) is 10.7 Å². The molecule has 0 amide bonds. The number of hydrazine groups is 1. The van der Waals surface area contributed by atoms with Crippen molar-refractivity contribution in [3.63, 3.8) is 0 Å². The molecular weight excluding hydrogens is 308 g/mol. The fourth-order valence-electron chi connectivity index (χ4n) is 1.29. The van der Waals surface area contributed by atoms with Gasteiger partial charge in [0.1, 0.15) is 28.1 Å². The molecule has 1 aromatic heterocycles. The van der Waals surface area contributed by atoms with Crippen LogP contribution in [0.4, 0.5) is 26.1 Å². The van der Waals surface area contributed by atoms with E-state index in [-0.39, 0.29) is 11.5 Å². The Morgan fingerprint density at radius 3 is 2.33 bits per heavy atom. The first kappa shape index (κ1) is 12.7. The number of nitrogens with one attached hydrogen (secondary N) is 2. The molecule has 4 N–H and O–H groups in total. The van der Waals surface area contributed by atoms with Crippen LogP contribution in [0.1, 0.15) is 0 Å². The number of hydrogen-bond donors (Lipinski definition) is 3. The molecule has 2 rings (SSSR count). The molecule has 0 radical (unpaired) electrons. The highest BCUT2D eigenvalue weighted by Crippen LogP contribution is 2.30. The average molecular weight is 316 g/mol. The topological polar surface area (TPSA) is 75.9 Å². The van der Waals surface area contributed by atoms with Gasteiger partial charge in [-0.25, -0.2) is 24.6 Å². The van der Waals surface area contributed by atoms with E-state index in [1.807, 2.05) is 0 Å². The predicted molar refractivity (Wildman–Crippen MR) is 67.2 cm³/mol. The SMILES string of the molecule is NNc1ncnc(Nc2c(F)cccc2F)c1Br. The number of aromatic nitrogens is 2. The molecule has 0 bridgehead atoms. The minimum Gasteiger partial charge on any atom is -0.334 e. The van der Waals surface area contributed by atoms with Gasteiger partial charge in [-0.05, 0) is 28.1 Å². The van der Waals surface area contributed by atoms with Crippen LogP contribution in [0.3, 0.4) is 0 Å². The number of para-hydroxylation sites is 1. The summed E-state index contributed by atoms with van der Waals surface area (Å²) in [6.07, 6.45) is 1.21. The van der Waals surface area contributed by atoms with Crippen molar-refractivity contribution in [2.45, 2.75) is 0 Å². The van der Waals surface area contributed by atoms with Crippen molar-refractivity contribution in [1.82, 2.24) is 9.97 Å². The lowest BCUT2D eigenvalue weighted by atomic mass is 10.3. The number of benzene rings is 1. The molecule has 94 valence electrons. The van der Waals surface area contributed by atoms with Crippen LogP contribution >= 0.6 is 15.9 Å². The van der Waals surface area contributed by atoms with Crippen LogP contribution in [0.5, 0.6) is 0 Å². The third-order valence-electron chi connectivity index (χ3n) is 2.13. The van der Waals surface area contributed by atoms with Crippen molar-refractivity contribution < 1.29 is 8.78 Å². The first-order valence-corrected chi connectivity index (χ1v) is 5.61. The number of anilines is 3. The van der Waals surface area contributed by atoms with Crippen molar-refractivity contribution in [2.24, 2.45) is 5.84 Å². The lowest BCUT2D eigenvalue weighted by molar-refractivity contribution is 0.590. The molecule has 2 aromatic rings. The maximum absolute atomic E-state index is 13.4. The number of nitrogen functional groups attached to an aromatic ring is 1. The number of nitrogens with two attached hydrogens (primary N) is 1. The molecule has 1 aromatic carbocycles. The van der Waals surface area contributed by atoms with Gasteiger partial charge in [0.25, 0.3) is 0 Å². The van der Waals surface area contributed by atoms with E-state index in [2.05, 4.69) is 36.6 Å². The van der Waals surface area contributed by atoms with Crippen LogP contribution in [-0.2, 0) is 0 Å². The molecule has 0 unspecified atom stereocenters. The van der Waals surface area contributed by atoms with E-state index in [0.29, 0.717) is 10.3 Å².